The van der Waals surface area contributed by atoms with Crippen LogP contribution in [0.4, 0.5) is 0 Å². The molecule has 2 fully saturated rings. The van der Waals surface area contributed by atoms with Crippen molar-refractivity contribution < 1.29 is 13.7 Å². The number of carbonyl (C=O) groups excluding carboxylic acids is 1. The molecule has 1 aromatic carbocycles. The third kappa shape index (κ3) is 6.80. The number of nitrogens with one attached hydrogen (secondary N) is 1. The molecule has 2 aliphatic heterocycles. The van der Waals surface area contributed by atoms with Crippen LogP contribution in [-0.2, 0) is 26.1 Å². The van der Waals surface area contributed by atoms with E-state index >= 15 is 0 Å². The molecule has 3 rings (SSSR count). The monoisotopic (exact) mass is 434 g/mol. The molecule has 0 bridgehead atoms. The second kappa shape index (κ2) is 12.1. The van der Waals surface area contributed by atoms with Crippen molar-refractivity contribution in [2.45, 2.75) is 25.5 Å². The molecule has 0 aliphatic carbocycles. The molecule has 0 saturated carbocycles. The lowest BCUT2D eigenvalue weighted by atomic mass is 9.95. The second-order valence-electron chi connectivity index (χ2n) is 7.71. The van der Waals surface area contributed by atoms with Gasteiger partial charge in [0.2, 0.25) is 5.91 Å². The maximum absolute atomic E-state index is 12.7. The predicted molar refractivity (Wildman–Crippen MR) is 121 cm³/mol. The predicted octanol–water partition coefficient (Wildman–Crippen LogP) is 1.47. The summed E-state index contributed by atoms with van der Waals surface area (Å²) < 4.78 is 17.7. The van der Waals surface area contributed by atoms with Crippen LogP contribution in [-0.4, -0.2) is 84.1 Å². The standard InChI is InChI=1S/C22H34N4O3S/c1-2-23-22(24-10-17-30(28)18-19-6-4-3-5-7-19)26-11-8-20(9-12-26)21(27)25-13-15-29-16-14-25/h3-7,20H,2,8-18H2,1H3,(H,23,24). The molecule has 2 aliphatic rings. The van der Waals surface area contributed by atoms with E-state index in [1.54, 1.807) is 0 Å². The lowest BCUT2D eigenvalue weighted by Gasteiger charge is -2.36. The van der Waals surface area contributed by atoms with E-state index in [0.717, 1.165) is 44.0 Å². The fraction of sp³-hybridized carbons (Fsp3) is 0.636. The van der Waals surface area contributed by atoms with Crippen molar-refractivity contribution in [3.05, 3.63) is 35.9 Å². The number of ether oxygens (including phenoxy) is 1. The highest BCUT2D eigenvalue weighted by Crippen LogP contribution is 2.20. The zero-order chi connectivity index (χ0) is 21.2. The number of benzene rings is 1. The number of nitrogens with zero attached hydrogens (tertiary/aromatic N) is 3. The molecule has 1 aromatic rings. The Morgan fingerprint density at radius 2 is 1.83 bits per heavy atom. The van der Waals surface area contributed by atoms with Crippen LogP contribution in [0.2, 0.25) is 0 Å². The molecule has 0 radical (unpaired) electrons. The topological polar surface area (TPSA) is 74.2 Å². The minimum absolute atomic E-state index is 0.0978. The summed E-state index contributed by atoms with van der Waals surface area (Å²) in [5.41, 5.74) is 1.10. The lowest BCUT2D eigenvalue weighted by Crippen LogP contribution is -2.50. The fourth-order valence-corrected chi connectivity index (χ4v) is 4.90. The molecule has 1 unspecified atom stereocenters. The Labute approximate surface area is 182 Å². The van der Waals surface area contributed by atoms with Gasteiger partial charge in [-0.3, -0.25) is 14.0 Å². The van der Waals surface area contributed by atoms with Gasteiger partial charge in [-0.1, -0.05) is 30.3 Å². The minimum Gasteiger partial charge on any atom is -0.378 e. The van der Waals surface area contributed by atoms with Crippen molar-refractivity contribution in [1.29, 1.82) is 0 Å². The summed E-state index contributed by atoms with van der Waals surface area (Å²) in [5, 5.41) is 3.35. The first-order valence-electron chi connectivity index (χ1n) is 11.0. The van der Waals surface area contributed by atoms with Gasteiger partial charge in [-0.15, -0.1) is 0 Å². The fourth-order valence-electron chi connectivity index (χ4n) is 3.89. The average molecular weight is 435 g/mol. The minimum atomic E-state index is -0.925. The second-order valence-corrected chi connectivity index (χ2v) is 9.29. The van der Waals surface area contributed by atoms with Crippen LogP contribution in [0.3, 0.4) is 0 Å². The molecule has 0 spiro atoms. The summed E-state index contributed by atoms with van der Waals surface area (Å²) in [6.45, 7) is 7.73. The first-order chi connectivity index (χ1) is 14.7. The van der Waals surface area contributed by atoms with E-state index in [1.807, 2.05) is 35.2 Å². The normalized spacial score (nSPS) is 19.6. The first-order valence-corrected chi connectivity index (χ1v) is 12.4. The van der Waals surface area contributed by atoms with Gasteiger partial charge in [0.05, 0.1) is 19.8 Å². The van der Waals surface area contributed by atoms with Gasteiger partial charge < -0.3 is 19.9 Å². The Kier molecular flexibility index (Phi) is 9.14. The molecule has 2 saturated heterocycles. The Bertz CT molecular complexity index is 714. The van der Waals surface area contributed by atoms with Gasteiger partial charge >= 0.3 is 0 Å². The molecule has 1 amide bonds. The van der Waals surface area contributed by atoms with Crippen LogP contribution in [0.5, 0.6) is 0 Å². The highest BCUT2D eigenvalue weighted by atomic mass is 32.2. The van der Waals surface area contributed by atoms with Gasteiger partial charge in [-0.2, -0.15) is 0 Å². The number of aliphatic imine (C=N–C) groups is 1. The third-order valence-corrected chi connectivity index (χ3v) is 6.85. The summed E-state index contributed by atoms with van der Waals surface area (Å²) in [6, 6.07) is 9.93. The van der Waals surface area contributed by atoms with Gasteiger partial charge in [0, 0.05) is 60.9 Å². The molecule has 0 aromatic heterocycles. The first kappa shape index (κ1) is 22.7. The number of hydrogen-bond donors (Lipinski definition) is 1. The number of carbonyl (C=O) groups is 1. The Morgan fingerprint density at radius 1 is 1.13 bits per heavy atom. The van der Waals surface area contributed by atoms with E-state index in [0.29, 0.717) is 44.4 Å². The number of likely N-dealkylation sites (tertiary alicyclic amines) is 1. The van der Waals surface area contributed by atoms with Crippen molar-refractivity contribution in [1.82, 2.24) is 15.1 Å². The average Bonchev–Trinajstić information content (AvgIpc) is 2.79. The lowest BCUT2D eigenvalue weighted by molar-refractivity contribution is -0.140. The van der Waals surface area contributed by atoms with Gasteiger partial charge in [0.15, 0.2) is 5.96 Å². The molecule has 8 heteroatoms. The number of guanidine groups is 1. The largest absolute Gasteiger partial charge is 0.378 e. The van der Waals surface area contributed by atoms with E-state index in [9.17, 15) is 9.00 Å². The third-order valence-electron chi connectivity index (χ3n) is 5.55. The van der Waals surface area contributed by atoms with E-state index < -0.39 is 10.8 Å². The van der Waals surface area contributed by atoms with Gasteiger partial charge in [-0.05, 0) is 25.3 Å². The van der Waals surface area contributed by atoms with Crippen LogP contribution >= 0.6 is 0 Å². The maximum Gasteiger partial charge on any atom is 0.225 e. The highest BCUT2D eigenvalue weighted by Gasteiger charge is 2.30. The van der Waals surface area contributed by atoms with Gasteiger partial charge in [0.1, 0.15) is 0 Å². The van der Waals surface area contributed by atoms with Crippen molar-refractivity contribution in [3.8, 4) is 0 Å². The van der Waals surface area contributed by atoms with Crippen LogP contribution in [0.15, 0.2) is 35.3 Å². The number of amides is 1. The molecule has 1 atom stereocenters. The summed E-state index contributed by atoms with van der Waals surface area (Å²) >= 11 is 0. The van der Waals surface area contributed by atoms with Crippen molar-refractivity contribution in [3.63, 3.8) is 0 Å². The van der Waals surface area contributed by atoms with Crippen LogP contribution in [0.1, 0.15) is 25.3 Å². The van der Waals surface area contributed by atoms with E-state index in [2.05, 4.69) is 17.1 Å². The van der Waals surface area contributed by atoms with Crippen molar-refractivity contribution >= 4 is 22.7 Å². The molecule has 30 heavy (non-hydrogen) atoms. The summed E-state index contributed by atoms with van der Waals surface area (Å²) in [4.78, 5) is 21.6. The number of morpholine rings is 1. The zero-order valence-corrected chi connectivity index (χ0v) is 18.7. The SMILES string of the molecule is CCNC(=NCCS(=O)Cc1ccccc1)N1CCC(C(=O)N2CCOCC2)CC1. The Morgan fingerprint density at radius 3 is 2.50 bits per heavy atom. The van der Waals surface area contributed by atoms with E-state index in [-0.39, 0.29) is 11.8 Å². The molecular weight excluding hydrogens is 400 g/mol. The van der Waals surface area contributed by atoms with Crippen molar-refractivity contribution in [2.24, 2.45) is 10.9 Å². The maximum atomic E-state index is 12.7. The highest BCUT2D eigenvalue weighted by molar-refractivity contribution is 7.84. The molecular formula is C22H34N4O3S. The van der Waals surface area contributed by atoms with E-state index in [4.69, 9.17) is 9.73 Å². The summed E-state index contributed by atoms with van der Waals surface area (Å²) in [5.74, 6) is 2.36. The van der Waals surface area contributed by atoms with E-state index in [1.165, 1.54) is 0 Å². The molecule has 166 valence electrons. The zero-order valence-electron chi connectivity index (χ0n) is 17.9. The van der Waals surface area contributed by atoms with Crippen LogP contribution < -0.4 is 5.32 Å². The summed E-state index contributed by atoms with van der Waals surface area (Å²) in [7, 11) is -0.925. The molecule has 7 nitrogen and oxygen atoms in total. The van der Waals surface area contributed by atoms with Crippen LogP contribution in [0, 0.1) is 5.92 Å². The Hall–Kier alpha value is -1.93. The smallest absolute Gasteiger partial charge is 0.225 e. The quantitative estimate of drug-likeness (QED) is 0.520. The molecule has 2 heterocycles. The number of rotatable bonds is 7. The van der Waals surface area contributed by atoms with Gasteiger partial charge in [-0.25, -0.2) is 0 Å². The Balaban J connectivity index is 1.46. The van der Waals surface area contributed by atoms with Crippen LogP contribution in [0.25, 0.3) is 0 Å². The van der Waals surface area contributed by atoms with Crippen molar-refractivity contribution in [2.75, 3.05) is 58.2 Å². The molecule has 1 N–H and O–H groups in total. The number of piperidine rings is 1. The number of hydrogen-bond acceptors (Lipinski definition) is 4. The summed E-state index contributed by atoms with van der Waals surface area (Å²) in [6.07, 6.45) is 1.70. The van der Waals surface area contributed by atoms with Gasteiger partial charge in [0.25, 0.3) is 0 Å².